The van der Waals surface area contributed by atoms with Crippen molar-refractivity contribution in [2.75, 3.05) is 32.2 Å². The highest BCUT2D eigenvalue weighted by molar-refractivity contribution is 6.31. The number of aromatic nitrogens is 2. The average molecular weight is 260 g/mol. The SMILES string of the molecule is CNc1ncc(Cl)c(OCCOCC(C)C)n1. The third kappa shape index (κ3) is 5.19. The molecule has 1 aromatic rings. The molecule has 1 heterocycles. The summed E-state index contributed by atoms with van der Waals surface area (Å²) in [5, 5.41) is 3.22. The van der Waals surface area contributed by atoms with Crippen LogP contribution in [0.1, 0.15) is 13.8 Å². The first-order chi connectivity index (χ1) is 8.13. The van der Waals surface area contributed by atoms with E-state index in [0.29, 0.717) is 36.0 Å². The summed E-state index contributed by atoms with van der Waals surface area (Å²) in [6, 6.07) is 0. The van der Waals surface area contributed by atoms with E-state index < -0.39 is 0 Å². The van der Waals surface area contributed by atoms with Crippen molar-refractivity contribution < 1.29 is 9.47 Å². The molecule has 0 aliphatic carbocycles. The maximum atomic E-state index is 5.90. The number of nitrogens with zero attached hydrogens (tertiary/aromatic N) is 2. The third-order valence-corrected chi connectivity index (χ3v) is 2.11. The molecule has 0 aromatic carbocycles. The van der Waals surface area contributed by atoms with Gasteiger partial charge in [0, 0.05) is 13.7 Å². The summed E-state index contributed by atoms with van der Waals surface area (Å²) in [6.07, 6.45) is 1.50. The van der Waals surface area contributed by atoms with Crippen LogP contribution in [0.2, 0.25) is 5.02 Å². The first kappa shape index (κ1) is 14.0. The Balaban J connectivity index is 2.35. The van der Waals surface area contributed by atoms with Crippen LogP contribution >= 0.6 is 11.6 Å². The first-order valence-corrected chi connectivity index (χ1v) is 5.92. The molecule has 0 spiro atoms. The van der Waals surface area contributed by atoms with Gasteiger partial charge in [0.25, 0.3) is 0 Å². The van der Waals surface area contributed by atoms with Gasteiger partial charge in [0.05, 0.1) is 12.8 Å². The van der Waals surface area contributed by atoms with E-state index in [1.165, 1.54) is 6.20 Å². The Morgan fingerprint density at radius 3 is 2.82 bits per heavy atom. The molecule has 96 valence electrons. The van der Waals surface area contributed by atoms with Crippen molar-refractivity contribution in [3.63, 3.8) is 0 Å². The second-order valence-electron chi connectivity index (χ2n) is 3.91. The van der Waals surface area contributed by atoms with Crippen molar-refractivity contribution in [3.8, 4) is 5.88 Å². The molecule has 0 unspecified atom stereocenters. The quantitative estimate of drug-likeness (QED) is 0.761. The Morgan fingerprint density at radius 1 is 1.41 bits per heavy atom. The minimum atomic E-state index is 0.374. The number of ether oxygens (including phenoxy) is 2. The van der Waals surface area contributed by atoms with E-state index in [2.05, 4.69) is 29.1 Å². The molecular formula is C11H18ClN3O2. The molecule has 6 heteroatoms. The van der Waals surface area contributed by atoms with Gasteiger partial charge in [0.2, 0.25) is 11.8 Å². The number of nitrogens with one attached hydrogen (secondary N) is 1. The topological polar surface area (TPSA) is 56.3 Å². The lowest BCUT2D eigenvalue weighted by Gasteiger charge is -2.09. The van der Waals surface area contributed by atoms with E-state index in [9.17, 15) is 0 Å². The smallest absolute Gasteiger partial charge is 0.237 e. The summed E-state index contributed by atoms with van der Waals surface area (Å²) < 4.78 is 10.8. The van der Waals surface area contributed by atoms with E-state index in [1.54, 1.807) is 7.05 Å². The van der Waals surface area contributed by atoms with E-state index in [4.69, 9.17) is 21.1 Å². The number of hydrogen-bond donors (Lipinski definition) is 1. The highest BCUT2D eigenvalue weighted by Gasteiger charge is 2.05. The minimum Gasteiger partial charge on any atom is -0.474 e. The highest BCUT2D eigenvalue weighted by atomic mass is 35.5. The molecular weight excluding hydrogens is 242 g/mol. The molecule has 0 radical (unpaired) electrons. The van der Waals surface area contributed by atoms with Crippen molar-refractivity contribution in [3.05, 3.63) is 11.2 Å². The van der Waals surface area contributed by atoms with Crippen molar-refractivity contribution in [1.82, 2.24) is 9.97 Å². The minimum absolute atomic E-state index is 0.374. The lowest BCUT2D eigenvalue weighted by atomic mass is 10.2. The standard InChI is InChI=1S/C11H18ClN3O2/c1-8(2)7-16-4-5-17-10-9(12)6-14-11(13-3)15-10/h6,8H,4-5,7H2,1-3H3,(H,13,14,15). The average Bonchev–Trinajstić information content (AvgIpc) is 2.30. The van der Waals surface area contributed by atoms with Crippen LogP contribution in [-0.2, 0) is 4.74 Å². The van der Waals surface area contributed by atoms with Gasteiger partial charge >= 0.3 is 0 Å². The Morgan fingerprint density at radius 2 is 2.18 bits per heavy atom. The van der Waals surface area contributed by atoms with Crippen LogP contribution in [-0.4, -0.2) is 36.8 Å². The number of rotatable bonds is 7. The molecule has 1 rings (SSSR count). The van der Waals surface area contributed by atoms with Gasteiger partial charge in [-0.05, 0) is 5.92 Å². The van der Waals surface area contributed by atoms with E-state index in [1.807, 2.05) is 0 Å². The van der Waals surface area contributed by atoms with Crippen LogP contribution in [0.3, 0.4) is 0 Å². The maximum Gasteiger partial charge on any atom is 0.237 e. The van der Waals surface area contributed by atoms with Crippen LogP contribution < -0.4 is 10.1 Å². The Kier molecular flexibility index (Phi) is 6.00. The zero-order valence-corrected chi connectivity index (χ0v) is 11.1. The molecule has 0 fully saturated rings. The lowest BCUT2D eigenvalue weighted by molar-refractivity contribution is 0.0806. The Bertz CT molecular complexity index is 347. The van der Waals surface area contributed by atoms with Crippen molar-refractivity contribution in [2.45, 2.75) is 13.8 Å². The number of hydrogen-bond acceptors (Lipinski definition) is 5. The van der Waals surface area contributed by atoms with Crippen LogP contribution in [0.25, 0.3) is 0 Å². The predicted octanol–water partition coefficient (Wildman–Crippen LogP) is 2.22. The summed E-state index contributed by atoms with van der Waals surface area (Å²) in [5.41, 5.74) is 0. The summed E-state index contributed by atoms with van der Waals surface area (Å²) in [4.78, 5) is 8.05. The van der Waals surface area contributed by atoms with E-state index in [0.717, 1.165) is 6.61 Å². The normalized spacial score (nSPS) is 10.6. The Labute approximate surface area is 107 Å². The fraction of sp³-hybridized carbons (Fsp3) is 0.636. The second kappa shape index (κ2) is 7.29. The van der Waals surface area contributed by atoms with Crippen LogP contribution in [0.4, 0.5) is 5.95 Å². The third-order valence-electron chi connectivity index (χ3n) is 1.85. The van der Waals surface area contributed by atoms with Crippen molar-refractivity contribution in [1.29, 1.82) is 0 Å². The largest absolute Gasteiger partial charge is 0.474 e. The molecule has 0 saturated heterocycles. The highest BCUT2D eigenvalue weighted by Crippen LogP contribution is 2.21. The Hall–Kier alpha value is -1.07. The van der Waals surface area contributed by atoms with Gasteiger partial charge < -0.3 is 14.8 Å². The molecule has 0 amide bonds. The van der Waals surface area contributed by atoms with Crippen molar-refractivity contribution in [2.24, 2.45) is 5.92 Å². The molecule has 1 aromatic heterocycles. The summed E-state index contributed by atoms with van der Waals surface area (Å²) >= 11 is 5.90. The first-order valence-electron chi connectivity index (χ1n) is 5.54. The second-order valence-corrected chi connectivity index (χ2v) is 4.32. The molecule has 17 heavy (non-hydrogen) atoms. The lowest BCUT2D eigenvalue weighted by Crippen LogP contribution is -2.11. The number of anilines is 1. The zero-order valence-electron chi connectivity index (χ0n) is 10.4. The van der Waals surface area contributed by atoms with E-state index in [-0.39, 0.29) is 0 Å². The van der Waals surface area contributed by atoms with Crippen LogP contribution in [0.15, 0.2) is 6.20 Å². The van der Waals surface area contributed by atoms with Crippen molar-refractivity contribution >= 4 is 17.5 Å². The molecule has 0 saturated carbocycles. The molecule has 1 N–H and O–H groups in total. The monoisotopic (exact) mass is 259 g/mol. The predicted molar refractivity (Wildman–Crippen MR) is 67.7 cm³/mol. The van der Waals surface area contributed by atoms with Gasteiger partial charge in [-0.3, -0.25) is 0 Å². The van der Waals surface area contributed by atoms with Crippen LogP contribution in [0.5, 0.6) is 5.88 Å². The molecule has 0 bridgehead atoms. The molecule has 0 aliphatic heterocycles. The molecule has 0 atom stereocenters. The number of halogens is 1. The summed E-state index contributed by atoms with van der Waals surface area (Å²) in [5.74, 6) is 1.38. The van der Waals surface area contributed by atoms with Gasteiger partial charge in [-0.15, -0.1) is 0 Å². The fourth-order valence-electron chi connectivity index (χ4n) is 1.09. The molecule has 5 nitrogen and oxygen atoms in total. The summed E-state index contributed by atoms with van der Waals surface area (Å²) in [6.45, 7) is 5.87. The van der Waals surface area contributed by atoms with Gasteiger partial charge in [0.1, 0.15) is 11.6 Å². The fourth-order valence-corrected chi connectivity index (χ4v) is 1.24. The summed E-state index contributed by atoms with van der Waals surface area (Å²) in [7, 11) is 1.73. The van der Waals surface area contributed by atoms with Gasteiger partial charge in [0.15, 0.2) is 0 Å². The van der Waals surface area contributed by atoms with E-state index >= 15 is 0 Å². The zero-order chi connectivity index (χ0) is 12.7. The molecule has 0 aliphatic rings. The van der Waals surface area contributed by atoms with Gasteiger partial charge in [-0.2, -0.15) is 4.98 Å². The van der Waals surface area contributed by atoms with Gasteiger partial charge in [-0.25, -0.2) is 4.98 Å². The van der Waals surface area contributed by atoms with Gasteiger partial charge in [-0.1, -0.05) is 25.4 Å². The maximum absolute atomic E-state index is 5.90. The van der Waals surface area contributed by atoms with Crippen LogP contribution in [0, 0.1) is 5.92 Å².